The normalized spacial score (nSPS) is 22.1. The lowest BCUT2D eigenvalue weighted by Crippen LogP contribution is -2.15. The third kappa shape index (κ3) is 2.36. The highest BCUT2D eigenvalue weighted by Crippen LogP contribution is 2.20. The van der Waals surface area contributed by atoms with Gasteiger partial charge in [0, 0.05) is 6.54 Å². The summed E-state index contributed by atoms with van der Waals surface area (Å²) >= 11 is 0. The molecule has 1 aromatic rings. The van der Waals surface area contributed by atoms with Gasteiger partial charge < -0.3 is 16.4 Å². The standard InChI is InChI=1S/C10H17N5/c1-15-3-2-7(6-15)4-8-5-9(11)10(12)14-13-8/h5,7H,2-4,6H2,1H3,(H2,11,13)(H2,12,14). The van der Waals surface area contributed by atoms with Crippen molar-refractivity contribution in [3.05, 3.63) is 11.8 Å². The van der Waals surface area contributed by atoms with Crippen LogP contribution in [0.3, 0.4) is 0 Å². The van der Waals surface area contributed by atoms with Gasteiger partial charge in [-0.2, -0.15) is 5.10 Å². The van der Waals surface area contributed by atoms with Crippen molar-refractivity contribution >= 4 is 11.5 Å². The molecule has 4 N–H and O–H groups in total. The average molecular weight is 207 g/mol. The summed E-state index contributed by atoms with van der Waals surface area (Å²) < 4.78 is 0. The van der Waals surface area contributed by atoms with Crippen molar-refractivity contribution in [3.63, 3.8) is 0 Å². The predicted molar refractivity (Wildman–Crippen MR) is 60.2 cm³/mol. The predicted octanol–water partition coefficient (Wildman–Crippen LogP) is 0.135. The molecule has 0 aliphatic carbocycles. The van der Waals surface area contributed by atoms with E-state index >= 15 is 0 Å². The van der Waals surface area contributed by atoms with Gasteiger partial charge in [0.2, 0.25) is 0 Å². The first kappa shape index (κ1) is 10.2. The Kier molecular flexibility index (Phi) is 2.73. The van der Waals surface area contributed by atoms with Gasteiger partial charge in [-0.05, 0) is 38.4 Å². The van der Waals surface area contributed by atoms with E-state index in [1.54, 1.807) is 0 Å². The summed E-state index contributed by atoms with van der Waals surface area (Å²) in [4.78, 5) is 2.33. The van der Waals surface area contributed by atoms with Crippen LogP contribution in [0, 0.1) is 5.92 Å². The van der Waals surface area contributed by atoms with Gasteiger partial charge in [-0.1, -0.05) is 0 Å². The Morgan fingerprint density at radius 2 is 2.27 bits per heavy atom. The van der Waals surface area contributed by atoms with Crippen LogP contribution < -0.4 is 11.5 Å². The van der Waals surface area contributed by atoms with Crippen LogP contribution >= 0.6 is 0 Å². The van der Waals surface area contributed by atoms with E-state index in [1.165, 1.54) is 13.0 Å². The number of likely N-dealkylation sites (tertiary alicyclic amines) is 1. The van der Waals surface area contributed by atoms with E-state index in [9.17, 15) is 0 Å². The molecule has 0 aromatic carbocycles. The van der Waals surface area contributed by atoms with Crippen LogP contribution in [0.5, 0.6) is 0 Å². The Morgan fingerprint density at radius 1 is 1.47 bits per heavy atom. The number of nitrogen functional groups attached to an aromatic ring is 2. The maximum atomic E-state index is 5.68. The minimum Gasteiger partial charge on any atom is -0.396 e. The van der Waals surface area contributed by atoms with Crippen molar-refractivity contribution in [2.45, 2.75) is 12.8 Å². The zero-order chi connectivity index (χ0) is 10.8. The molecular weight excluding hydrogens is 190 g/mol. The molecule has 1 fully saturated rings. The summed E-state index contributed by atoms with van der Waals surface area (Å²) in [5, 5.41) is 7.88. The summed E-state index contributed by atoms with van der Waals surface area (Å²) in [5.41, 5.74) is 12.7. The Balaban J connectivity index is 2.02. The summed E-state index contributed by atoms with van der Waals surface area (Å²) in [6.07, 6.45) is 2.17. The quantitative estimate of drug-likeness (QED) is 0.720. The summed E-state index contributed by atoms with van der Waals surface area (Å²) in [6, 6.07) is 1.83. The number of hydrogen-bond acceptors (Lipinski definition) is 5. The Bertz CT molecular complexity index is 352. The van der Waals surface area contributed by atoms with E-state index in [0.29, 0.717) is 17.4 Å². The minimum atomic E-state index is 0.322. The Labute approximate surface area is 89.5 Å². The maximum Gasteiger partial charge on any atom is 0.169 e. The van der Waals surface area contributed by atoms with E-state index in [1.807, 2.05) is 6.07 Å². The molecule has 1 aromatic heterocycles. The monoisotopic (exact) mass is 207 g/mol. The van der Waals surface area contributed by atoms with Crippen molar-refractivity contribution in [2.75, 3.05) is 31.6 Å². The van der Waals surface area contributed by atoms with E-state index in [-0.39, 0.29) is 0 Å². The second-order valence-corrected chi connectivity index (χ2v) is 4.30. The number of aromatic nitrogens is 2. The van der Waals surface area contributed by atoms with Crippen LogP contribution in [0.2, 0.25) is 0 Å². The summed E-state index contributed by atoms with van der Waals surface area (Å²) in [7, 11) is 2.14. The molecule has 15 heavy (non-hydrogen) atoms. The molecule has 0 amide bonds. The van der Waals surface area contributed by atoms with Crippen LogP contribution in [-0.4, -0.2) is 35.2 Å². The van der Waals surface area contributed by atoms with Gasteiger partial charge >= 0.3 is 0 Å². The van der Waals surface area contributed by atoms with Gasteiger partial charge in [0.05, 0.1) is 11.4 Å². The van der Waals surface area contributed by atoms with Crippen LogP contribution in [0.25, 0.3) is 0 Å². The fraction of sp³-hybridized carbons (Fsp3) is 0.600. The molecule has 82 valence electrons. The minimum absolute atomic E-state index is 0.322. The smallest absolute Gasteiger partial charge is 0.169 e. The summed E-state index contributed by atoms with van der Waals surface area (Å²) in [6.45, 7) is 2.30. The molecular formula is C10H17N5. The van der Waals surface area contributed by atoms with Crippen LogP contribution in [-0.2, 0) is 6.42 Å². The molecule has 1 saturated heterocycles. The molecule has 1 unspecified atom stereocenters. The van der Waals surface area contributed by atoms with Crippen molar-refractivity contribution in [3.8, 4) is 0 Å². The fourth-order valence-corrected chi connectivity index (χ4v) is 2.05. The fourth-order valence-electron chi connectivity index (χ4n) is 2.05. The zero-order valence-electron chi connectivity index (χ0n) is 8.98. The number of rotatable bonds is 2. The third-order valence-corrected chi connectivity index (χ3v) is 2.89. The van der Waals surface area contributed by atoms with Crippen molar-refractivity contribution in [1.29, 1.82) is 0 Å². The molecule has 5 nitrogen and oxygen atoms in total. The molecule has 2 rings (SSSR count). The molecule has 1 aliphatic heterocycles. The van der Waals surface area contributed by atoms with E-state index in [2.05, 4.69) is 22.1 Å². The zero-order valence-corrected chi connectivity index (χ0v) is 8.98. The number of nitrogens with two attached hydrogens (primary N) is 2. The number of hydrogen-bond donors (Lipinski definition) is 2. The first-order chi connectivity index (χ1) is 7.15. The molecule has 0 spiro atoms. The van der Waals surface area contributed by atoms with Gasteiger partial charge in [0.25, 0.3) is 0 Å². The lowest BCUT2D eigenvalue weighted by atomic mass is 10.0. The highest BCUT2D eigenvalue weighted by Gasteiger charge is 2.20. The van der Waals surface area contributed by atoms with Crippen LogP contribution in [0.15, 0.2) is 6.07 Å². The first-order valence-corrected chi connectivity index (χ1v) is 5.21. The van der Waals surface area contributed by atoms with E-state index in [0.717, 1.165) is 18.7 Å². The second kappa shape index (κ2) is 4.02. The highest BCUT2D eigenvalue weighted by atomic mass is 15.2. The Hall–Kier alpha value is -1.36. The molecule has 1 aliphatic rings. The number of nitrogens with zero attached hydrogens (tertiary/aromatic N) is 3. The van der Waals surface area contributed by atoms with Crippen molar-refractivity contribution < 1.29 is 0 Å². The topological polar surface area (TPSA) is 81.1 Å². The van der Waals surface area contributed by atoms with Gasteiger partial charge in [-0.15, -0.1) is 5.10 Å². The highest BCUT2D eigenvalue weighted by molar-refractivity contribution is 5.57. The maximum absolute atomic E-state index is 5.68. The molecule has 1 atom stereocenters. The molecule has 2 heterocycles. The van der Waals surface area contributed by atoms with Crippen molar-refractivity contribution in [2.24, 2.45) is 5.92 Å². The lowest BCUT2D eigenvalue weighted by molar-refractivity contribution is 0.393. The van der Waals surface area contributed by atoms with Gasteiger partial charge in [0.1, 0.15) is 0 Å². The number of anilines is 2. The molecule has 0 bridgehead atoms. The largest absolute Gasteiger partial charge is 0.396 e. The molecule has 0 saturated carbocycles. The first-order valence-electron chi connectivity index (χ1n) is 5.21. The second-order valence-electron chi connectivity index (χ2n) is 4.30. The summed E-state index contributed by atoms with van der Waals surface area (Å²) in [5.74, 6) is 0.995. The SMILES string of the molecule is CN1CCC(Cc2cc(N)c(N)nn2)C1. The third-order valence-electron chi connectivity index (χ3n) is 2.89. The van der Waals surface area contributed by atoms with Gasteiger partial charge in [-0.3, -0.25) is 0 Å². The Morgan fingerprint density at radius 3 is 2.87 bits per heavy atom. The average Bonchev–Trinajstić information content (AvgIpc) is 2.58. The van der Waals surface area contributed by atoms with Gasteiger partial charge in [0.15, 0.2) is 5.82 Å². The van der Waals surface area contributed by atoms with E-state index in [4.69, 9.17) is 11.5 Å². The van der Waals surface area contributed by atoms with Gasteiger partial charge in [-0.25, -0.2) is 0 Å². The molecule has 0 radical (unpaired) electrons. The van der Waals surface area contributed by atoms with Crippen LogP contribution in [0.4, 0.5) is 11.5 Å². The van der Waals surface area contributed by atoms with E-state index < -0.39 is 0 Å². The lowest BCUT2D eigenvalue weighted by Gasteiger charge is -2.09. The van der Waals surface area contributed by atoms with Crippen LogP contribution in [0.1, 0.15) is 12.1 Å². The van der Waals surface area contributed by atoms with Crippen molar-refractivity contribution in [1.82, 2.24) is 15.1 Å². The molecule has 5 heteroatoms.